The highest BCUT2D eigenvalue weighted by atomic mass is 32.2. The number of likely N-dealkylation sites (tertiary alicyclic amines) is 1. The van der Waals surface area contributed by atoms with E-state index in [0.29, 0.717) is 12.6 Å². The van der Waals surface area contributed by atoms with Crippen LogP contribution in [0.3, 0.4) is 0 Å². The highest BCUT2D eigenvalue weighted by molar-refractivity contribution is 7.89. The fourth-order valence-corrected chi connectivity index (χ4v) is 3.70. The van der Waals surface area contributed by atoms with Crippen LogP contribution in [0.4, 0.5) is 0 Å². The molecule has 1 rings (SSSR count). The van der Waals surface area contributed by atoms with Gasteiger partial charge in [-0.2, -0.15) is 0 Å². The largest absolute Gasteiger partial charge is 0.317 e. The summed E-state index contributed by atoms with van der Waals surface area (Å²) in [7, 11) is -3.10. The Morgan fingerprint density at radius 3 is 2.50 bits per heavy atom. The molecule has 20 heavy (non-hydrogen) atoms. The van der Waals surface area contributed by atoms with E-state index in [9.17, 15) is 8.42 Å². The van der Waals surface area contributed by atoms with Crippen molar-refractivity contribution in [1.29, 1.82) is 0 Å². The third-order valence-corrected chi connectivity index (χ3v) is 5.24. The van der Waals surface area contributed by atoms with Crippen molar-refractivity contribution in [3.8, 4) is 0 Å². The molecule has 0 amide bonds. The molecule has 6 heteroatoms. The summed E-state index contributed by atoms with van der Waals surface area (Å²) in [5.41, 5.74) is 0. The number of hydrogen-bond donors (Lipinski definition) is 2. The Hall–Kier alpha value is -0.170. The number of nitrogens with zero attached hydrogens (tertiary/aromatic N) is 1. The lowest BCUT2D eigenvalue weighted by Crippen LogP contribution is -2.41. The van der Waals surface area contributed by atoms with Crippen molar-refractivity contribution >= 4 is 10.0 Å². The summed E-state index contributed by atoms with van der Waals surface area (Å²) in [5, 5.41) is 3.29. The first-order valence-electron chi connectivity index (χ1n) is 7.97. The van der Waals surface area contributed by atoms with Crippen molar-refractivity contribution in [1.82, 2.24) is 14.9 Å². The Bertz CT molecular complexity index is 340. The van der Waals surface area contributed by atoms with E-state index in [1.165, 1.54) is 12.8 Å². The Morgan fingerprint density at radius 2 is 1.85 bits per heavy atom. The summed E-state index contributed by atoms with van der Waals surface area (Å²) >= 11 is 0. The van der Waals surface area contributed by atoms with E-state index in [2.05, 4.69) is 28.8 Å². The second kappa shape index (κ2) is 9.71. The van der Waals surface area contributed by atoms with Gasteiger partial charge in [0.15, 0.2) is 0 Å². The lowest BCUT2D eigenvalue weighted by Gasteiger charge is -2.23. The van der Waals surface area contributed by atoms with Gasteiger partial charge in [-0.05, 0) is 65.2 Å². The molecule has 2 N–H and O–H groups in total. The smallest absolute Gasteiger partial charge is 0.211 e. The molecule has 1 fully saturated rings. The standard InChI is InChI=1S/C14H31N3O2S/c1-3-8-15-9-4-7-12-20(18,19)16-13-14(2)17-10-5-6-11-17/h14-16H,3-13H2,1-2H3. The quantitative estimate of drug-likeness (QED) is 0.563. The van der Waals surface area contributed by atoms with Crippen LogP contribution in [0.2, 0.25) is 0 Å². The van der Waals surface area contributed by atoms with Crippen LogP contribution in [0.25, 0.3) is 0 Å². The van der Waals surface area contributed by atoms with E-state index in [4.69, 9.17) is 0 Å². The molecule has 1 unspecified atom stereocenters. The molecule has 5 nitrogen and oxygen atoms in total. The normalized spacial score (nSPS) is 18.5. The van der Waals surface area contributed by atoms with Crippen molar-refractivity contribution in [2.45, 2.75) is 52.0 Å². The molecule has 0 aliphatic carbocycles. The van der Waals surface area contributed by atoms with Gasteiger partial charge >= 0.3 is 0 Å². The minimum absolute atomic E-state index is 0.244. The highest BCUT2D eigenvalue weighted by Crippen LogP contribution is 2.11. The number of nitrogens with one attached hydrogen (secondary N) is 2. The van der Waals surface area contributed by atoms with E-state index in [1.54, 1.807) is 0 Å². The van der Waals surface area contributed by atoms with E-state index >= 15 is 0 Å². The van der Waals surface area contributed by atoms with Gasteiger partial charge in [-0.25, -0.2) is 13.1 Å². The molecule has 0 bridgehead atoms. The van der Waals surface area contributed by atoms with Crippen LogP contribution in [-0.4, -0.2) is 57.8 Å². The monoisotopic (exact) mass is 305 g/mol. The molecule has 0 radical (unpaired) electrons. The van der Waals surface area contributed by atoms with Gasteiger partial charge in [-0.15, -0.1) is 0 Å². The second-order valence-electron chi connectivity index (χ2n) is 5.72. The van der Waals surface area contributed by atoms with E-state index in [-0.39, 0.29) is 5.75 Å². The van der Waals surface area contributed by atoms with E-state index in [0.717, 1.165) is 45.4 Å². The number of rotatable bonds is 11. The molecule has 0 saturated carbocycles. The topological polar surface area (TPSA) is 61.4 Å². The Kier molecular flexibility index (Phi) is 8.68. The molecule has 0 spiro atoms. The average molecular weight is 305 g/mol. The first-order valence-corrected chi connectivity index (χ1v) is 9.62. The SMILES string of the molecule is CCCNCCCCS(=O)(=O)NCC(C)N1CCCC1. The fourth-order valence-electron chi connectivity index (χ4n) is 2.48. The molecule has 1 saturated heterocycles. The van der Waals surface area contributed by atoms with Crippen LogP contribution < -0.4 is 10.0 Å². The lowest BCUT2D eigenvalue weighted by atomic mass is 10.3. The average Bonchev–Trinajstić information content (AvgIpc) is 2.94. The van der Waals surface area contributed by atoms with Crippen molar-refractivity contribution in [2.75, 3.05) is 38.5 Å². The first kappa shape index (κ1) is 17.9. The molecule has 1 atom stereocenters. The molecule has 0 aromatic carbocycles. The zero-order chi connectivity index (χ0) is 14.8. The lowest BCUT2D eigenvalue weighted by molar-refractivity contribution is 0.260. The molecule has 1 heterocycles. The predicted octanol–water partition coefficient (Wildman–Crippen LogP) is 1.17. The van der Waals surface area contributed by atoms with Crippen molar-refractivity contribution in [3.63, 3.8) is 0 Å². The molecule has 1 aliphatic heterocycles. The number of hydrogen-bond acceptors (Lipinski definition) is 4. The van der Waals surface area contributed by atoms with Gasteiger partial charge in [-0.3, -0.25) is 4.90 Å². The zero-order valence-electron chi connectivity index (χ0n) is 13.0. The minimum atomic E-state index is -3.10. The molecule has 1 aliphatic rings. The van der Waals surface area contributed by atoms with Crippen LogP contribution in [0.15, 0.2) is 0 Å². The summed E-state index contributed by atoms with van der Waals surface area (Å²) in [5.74, 6) is 0.244. The number of unbranched alkanes of at least 4 members (excludes halogenated alkanes) is 1. The predicted molar refractivity (Wildman–Crippen MR) is 84.5 cm³/mol. The second-order valence-corrected chi connectivity index (χ2v) is 7.64. The van der Waals surface area contributed by atoms with Crippen LogP contribution in [-0.2, 0) is 10.0 Å². The summed E-state index contributed by atoms with van der Waals surface area (Å²) in [6.45, 7) is 8.89. The van der Waals surface area contributed by atoms with E-state index < -0.39 is 10.0 Å². The van der Waals surface area contributed by atoms with Crippen LogP contribution >= 0.6 is 0 Å². The van der Waals surface area contributed by atoms with E-state index in [1.807, 2.05) is 0 Å². The van der Waals surface area contributed by atoms with Gasteiger partial charge in [0, 0.05) is 12.6 Å². The van der Waals surface area contributed by atoms with Crippen LogP contribution in [0.5, 0.6) is 0 Å². The van der Waals surface area contributed by atoms with Crippen molar-refractivity contribution in [3.05, 3.63) is 0 Å². The van der Waals surface area contributed by atoms with Crippen molar-refractivity contribution < 1.29 is 8.42 Å². The van der Waals surface area contributed by atoms with Gasteiger partial charge in [0.1, 0.15) is 0 Å². The summed E-state index contributed by atoms with van der Waals surface area (Å²) < 4.78 is 26.5. The molecule has 0 aromatic rings. The first-order chi connectivity index (χ1) is 9.55. The van der Waals surface area contributed by atoms with Crippen LogP contribution in [0.1, 0.15) is 46.0 Å². The summed E-state index contributed by atoms with van der Waals surface area (Å²) in [6, 6.07) is 0.304. The summed E-state index contributed by atoms with van der Waals surface area (Å²) in [4.78, 5) is 2.36. The van der Waals surface area contributed by atoms with Gasteiger partial charge in [0.05, 0.1) is 5.75 Å². The third kappa shape index (κ3) is 7.57. The molecular formula is C14H31N3O2S. The molecular weight excluding hydrogens is 274 g/mol. The fraction of sp³-hybridized carbons (Fsp3) is 1.00. The maximum absolute atomic E-state index is 11.9. The minimum Gasteiger partial charge on any atom is -0.317 e. The zero-order valence-corrected chi connectivity index (χ0v) is 13.8. The molecule has 120 valence electrons. The van der Waals surface area contributed by atoms with Gasteiger partial charge in [0.2, 0.25) is 10.0 Å². The maximum Gasteiger partial charge on any atom is 0.211 e. The van der Waals surface area contributed by atoms with Gasteiger partial charge in [0.25, 0.3) is 0 Å². The Labute approximate surface area is 124 Å². The van der Waals surface area contributed by atoms with Gasteiger partial charge in [-0.1, -0.05) is 6.92 Å². The van der Waals surface area contributed by atoms with Crippen molar-refractivity contribution in [2.24, 2.45) is 0 Å². The maximum atomic E-state index is 11.9. The number of sulfonamides is 1. The molecule has 0 aromatic heterocycles. The Morgan fingerprint density at radius 1 is 1.15 bits per heavy atom. The Balaban J connectivity index is 2.10. The third-order valence-electron chi connectivity index (χ3n) is 3.81. The summed E-state index contributed by atoms with van der Waals surface area (Å²) in [6.07, 6.45) is 5.24. The van der Waals surface area contributed by atoms with Gasteiger partial charge < -0.3 is 5.32 Å². The highest BCUT2D eigenvalue weighted by Gasteiger charge is 2.19. The van der Waals surface area contributed by atoms with Crippen LogP contribution in [0, 0.1) is 0 Å².